The molecule has 0 spiro atoms. The van der Waals surface area contributed by atoms with Gasteiger partial charge in [-0.05, 0) is 0 Å². The lowest BCUT2D eigenvalue weighted by atomic mass is 9.74. The molecule has 0 amide bonds. The number of benzene rings is 4. The van der Waals surface area contributed by atoms with Crippen LogP contribution in [0.4, 0.5) is 52.7 Å². The molecule has 0 fully saturated rings. The fraction of sp³-hybridized carbons (Fsp3) is 0.158. The molecule has 4 rings (SSSR count). The summed E-state index contributed by atoms with van der Waals surface area (Å²) in [5, 5.41) is 72.1. The van der Waals surface area contributed by atoms with E-state index >= 15 is 0 Å². The van der Waals surface area contributed by atoms with Crippen molar-refractivity contribution in [2.75, 3.05) is 0 Å². The van der Waals surface area contributed by atoms with Crippen molar-refractivity contribution in [1.82, 2.24) is 0 Å². The number of halogens is 12. The van der Waals surface area contributed by atoms with Gasteiger partial charge in [-0.15, -0.1) is 0 Å². The summed E-state index contributed by atoms with van der Waals surface area (Å²) < 4.78 is 176. The van der Waals surface area contributed by atoms with Crippen LogP contribution in [0, 0.1) is 69.8 Å². The smallest absolute Gasteiger partial charge is 0.339 e. The number of carbonyl (C=O) groups is 8. The van der Waals surface area contributed by atoms with Crippen LogP contribution in [0.3, 0.4) is 0 Å². The third kappa shape index (κ3) is 8.10. The van der Waals surface area contributed by atoms with Gasteiger partial charge < -0.3 is 40.9 Å². The molecule has 0 radical (unpaired) electrons. The Morgan fingerprint density at radius 1 is 0.242 bits per heavy atom. The maximum absolute atomic E-state index is 15.0. The zero-order valence-electron chi connectivity index (χ0n) is 32.4. The van der Waals surface area contributed by atoms with E-state index in [0.717, 1.165) is 0 Å². The summed E-state index contributed by atoms with van der Waals surface area (Å²) in [7, 11) is 0. The van der Waals surface area contributed by atoms with Gasteiger partial charge in [-0.3, -0.25) is 0 Å². The maximum atomic E-state index is 15.0. The molecule has 352 valence electrons. The van der Waals surface area contributed by atoms with E-state index in [1.807, 2.05) is 0 Å². The molecule has 66 heavy (non-hydrogen) atoms. The minimum absolute atomic E-state index is 0.507. The van der Waals surface area contributed by atoms with E-state index in [1.165, 1.54) is 0 Å². The Labute approximate surface area is 354 Å². The highest BCUT2D eigenvalue weighted by molar-refractivity contribution is 6.05. The highest BCUT2D eigenvalue weighted by Gasteiger charge is 2.47. The standard InChI is InChI=1S/2C19H10F6O8/c2*1-19(2,7-9(20)3(15(26)27)5(17(30)31)11(22)13(7)24)8-10(21)4(16(28)29)6(18(32)33)12(23)14(8)25/h2*1-2H3,(H,26,27)(H,28,29)(H,30,31)(H,32,33). The number of hydrogen-bond donors (Lipinski definition) is 8. The Morgan fingerprint density at radius 3 is 0.455 bits per heavy atom. The Kier molecular flexibility index (Phi) is 14.0. The van der Waals surface area contributed by atoms with Crippen molar-refractivity contribution < 1.29 is 132 Å². The lowest BCUT2D eigenvalue weighted by Crippen LogP contribution is -2.31. The van der Waals surface area contributed by atoms with Gasteiger partial charge in [0.15, 0.2) is 46.5 Å². The second kappa shape index (κ2) is 17.8. The number of carboxylic acid groups (broad SMARTS) is 8. The molecule has 4 aromatic carbocycles. The lowest BCUT2D eigenvalue weighted by molar-refractivity contribution is 0.0639. The largest absolute Gasteiger partial charge is 0.478 e. The maximum Gasteiger partial charge on any atom is 0.339 e. The summed E-state index contributed by atoms with van der Waals surface area (Å²) in [5.74, 6) is -47.9. The van der Waals surface area contributed by atoms with Crippen molar-refractivity contribution in [3.8, 4) is 0 Å². The summed E-state index contributed by atoms with van der Waals surface area (Å²) in [5.41, 5.74) is -28.7. The predicted molar refractivity (Wildman–Crippen MR) is 185 cm³/mol. The van der Waals surface area contributed by atoms with E-state index in [1.54, 1.807) is 0 Å². The monoisotopic (exact) mass is 960 g/mol. The third-order valence-electron chi connectivity index (χ3n) is 9.49. The molecular weight excluding hydrogens is 940 g/mol. The van der Waals surface area contributed by atoms with Gasteiger partial charge in [0.2, 0.25) is 0 Å². The minimum Gasteiger partial charge on any atom is -0.478 e. The highest BCUT2D eigenvalue weighted by atomic mass is 19.2. The summed E-state index contributed by atoms with van der Waals surface area (Å²) in [6.07, 6.45) is 0. The molecule has 16 nitrogen and oxygen atoms in total. The molecule has 0 atom stereocenters. The van der Waals surface area contributed by atoms with Gasteiger partial charge in [-0.25, -0.2) is 91.0 Å². The zero-order chi connectivity index (χ0) is 51.5. The molecule has 0 aliphatic rings. The Bertz CT molecular complexity index is 2540. The average Bonchev–Trinajstić information content (AvgIpc) is 3.15. The van der Waals surface area contributed by atoms with E-state index in [0.29, 0.717) is 27.7 Å². The molecule has 0 saturated carbocycles. The minimum atomic E-state index is -2.95. The van der Waals surface area contributed by atoms with Crippen molar-refractivity contribution in [1.29, 1.82) is 0 Å². The first kappa shape index (κ1) is 52.1. The number of aromatic carboxylic acids is 8. The Hall–Kier alpha value is -8.20. The first-order valence-corrected chi connectivity index (χ1v) is 16.7. The van der Waals surface area contributed by atoms with Crippen molar-refractivity contribution in [3.63, 3.8) is 0 Å². The van der Waals surface area contributed by atoms with E-state index < -0.39 is 195 Å². The summed E-state index contributed by atoms with van der Waals surface area (Å²) >= 11 is 0. The second-order valence-corrected chi connectivity index (χ2v) is 14.0. The zero-order valence-corrected chi connectivity index (χ0v) is 32.4. The van der Waals surface area contributed by atoms with Crippen LogP contribution in [-0.4, -0.2) is 88.6 Å². The molecule has 0 bridgehead atoms. The first-order valence-electron chi connectivity index (χ1n) is 16.7. The number of rotatable bonds is 12. The normalized spacial score (nSPS) is 11.4. The molecule has 0 saturated heterocycles. The van der Waals surface area contributed by atoms with Gasteiger partial charge >= 0.3 is 47.8 Å². The summed E-state index contributed by atoms with van der Waals surface area (Å²) in [4.78, 5) is 89.9. The van der Waals surface area contributed by atoms with Crippen molar-refractivity contribution in [2.24, 2.45) is 0 Å². The van der Waals surface area contributed by atoms with Crippen LogP contribution in [-0.2, 0) is 10.8 Å². The van der Waals surface area contributed by atoms with E-state index in [2.05, 4.69) is 0 Å². The fourth-order valence-electron chi connectivity index (χ4n) is 6.69. The van der Waals surface area contributed by atoms with Gasteiger partial charge in [0, 0.05) is 33.1 Å². The Balaban J connectivity index is 0.000000350. The van der Waals surface area contributed by atoms with E-state index in [-0.39, 0.29) is 0 Å². The third-order valence-corrected chi connectivity index (χ3v) is 9.49. The lowest BCUT2D eigenvalue weighted by Gasteiger charge is -2.29. The molecule has 28 heteroatoms. The van der Waals surface area contributed by atoms with Crippen LogP contribution < -0.4 is 0 Å². The van der Waals surface area contributed by atoms with Crippen LogP contribution in [0.25, 0.3) is 0 Å². The van der Waals surface area contributed by atoms with Crippen LogP contribution in [0.2, 0.25) is 0 Å². The molecule has 4 aromatic rings. The predicted octanol–water partition coefficient (Wildman–Crippen LogP) is 7.28. The van der Waals surface area contributed by atoms with Gasteiger partial charge in [0.25, 0.3) is 0 Å². The van der Waals surface area contributed by atoms with Gasteiger partial charge in [-0.2, -0.15) is 0 Å². The second-order valence-electron chi connectivity index (χ2n) is 14.0. The van der Waals surface area contributed by atoms with E-state index in [9.17, 15) is 91.0 Å². The molecule has 0 aliphatic heterocycles. The quantitative estimate of drug-likeness (QED) is 0.0511. The highest BCUT2D eigenvalue weighted by Crippen LogP contribution is 2.44. The number of hydrogen-bond acceptors (Lipinski definition) is 8. The summed E-state index contributed by atoms with van der Waals surface area (Å²) in [6, 6.07) is 0. The van der Waals surface area contributed by atoms with Crippen molar-refractivity contribution >= 4 is 47.8 Å². The fourth-order valence-corrected chi connectivity index (χ4v) is 6.69. The van der Waals surface area contributed by atoms with Crippen LogP contribution >= 0.6 is 0 Å². The van der Waals surface area contributed by atoms with Gasteiger partial charge in [-0.1, -0.05) is 27.7 Å². The Morgan fingerprint density at radius 2 is 0.348 bits per heavy atom. The van der Waals surface area contributed by atoms with E-state index in [4.69, 9.17) is 40.9 Å². The topological polar surface area (TPSA) is 298 Å². The number of carboxylic acids is 8. The molecular formula is C38H20F12O16. The van der Waals surface area contributed by atoms with Crippen LogP contribution in [0.15, 0.2) is 0 Å². The van der Waals surface area contributed by atoms with Gasteiger partial charge in [0.05, 0.1) is 0 Å². The first-order chi connectivity index (χ1) is 30.0. The molecule has 0 heterocycles. The summed E-state index contributed by atoms with van der Waals surface area (Å²) in [6.45, 7) is 2.03. The van der Waals surface area contributed by atoms with Crippen LogP contribution in [0.1, 0.15) is 133 Å². The van der Waals surface area contributed by atoms with Gasteiger partial charge in [0.1, 0.15) is 67.8 Å². The average molecular weight is 961 g/mol. The molecule has 0 aliphatic carbocycles. The molecule has 8 N–H and O–H groups in total. The molecule has 0 unspecified atom stereocenters. The van der Waals surface area contributed by atoms with Crippen LogP contribution in [0.5, 0.6) is 0 Å². The SMILES string of the molecule is CC(C)(c1c(F)c(F)c(C(=O)O)c(C(=O)O)c1F)c1c(F)c(F)c(C(=O)O)c(C(=O)O)c1F.CC(C)(c1c(F)c(F)c(C(=O)O)c(C(=O)O)c1F)c1c(F)c(F)c(C(=O)O)c(C(=O)O)c1F. The van der Waals surface area contributed by atoms with Crippen molar-refractivity contribution in [3.05, 3.63) is 137 Å². The van der Waals surface area contributed by atoms with Crippen molar-refractivity contribution in [2.45, 2.75) is 38.5 Å². The molecule has 0 aromatic heterocycles.